The lowest BCUT2D eigenvalue weighted by Crippen LogP contribution is -2.44. The zero-order valence-corrected chi connectivity index (χ0v) is 10.8. The summed E-state index contributed by atoms with van der Waals surface area (Å²) in [5.41, 5.74) is 1.10. The van der Waals surface area contributed by atoms with E-state index in [4.69, 9.17) is 0 Å². The van der Waals surface area contributed by atoms with Gasteiger partial charge in [0.05, 0.1) is 0 Å². The van der Waals surface area contributed by atoms with Gasteiger partial charge in [-0.15, -0.1) is 0 Å². The maximum Gasteiger partial charge on any atom is 0.270 e. The molecule has 0 spiro atoms. The Kier molecular flexibility index (Phi) is 4.30. The Morgan fingerprint density at radius 2 is 2.00 bits per heavy atom. The molecule has 1 aromatic rings. The number of hydrogen-bond donors (Lipinski definition) is 1. The van der Waals surface area contributed by atoms with Crippen molar-refractivity contribution in [3.63, 3.8) is 0 Å². The molecule has 100 valence electrons. The first-order valence-electron chi connectivity index (χ1n) is 6.46. The third-order valence-corrected chi connectivity index (χ3v) is 3.36. The fraction of sp³-hybridized carbons (Fsp3) is 0.571. The van der Waals surface area contributed by atoms with Gasteiger partial charge in [-0.2, -0.15) is 0 Å². The molecule has 0 saturated carbocycles. The first kappa shape index (κ1) is 13.4. The zero-order valence-electron chi connectivity index (χ0n) is 10.8. The molecule has 0 atom stereocenters. The molecule has 0 radical (unpaired) electrons. The molecular formula is C14H20F2N2. The van der Waals surface area contributed by atoms with Gasteiger partial charge in [-0.1, -0.05) is 18.2 Å². The van der Waals surface area contributed by atoms with Crippen molar-refractivity contribution < 1.29 is 8.78 Å². The normalized spacial score (nSPS) is 17.9. The highest BCUT2D eigenvalue weighted by molar-refractivity contribution is 5.26. The van der Waals surface area contributed by atoms with Crippen LogP contribution in [0.1, 0.15) is 18.1 Å². The second kappa shape index (κ2) is 5.76. The SMILES string of the molecule is CC(F)(F)c1cccc(CCN2CCNCC2)c1. The molecule has 1 heterocycles. The summed E-state index contributed by atoms with van der Waals surface area (Å²) in [7, 11) is 0. The standard InChI is InChI=1S/C14H20F2N2/c1-14(15,16)13-4-2-3-12(11-13)5-8-18-9-6-17-7-10-18/h2-4,11,17H,5-10H2,1H3. The van der Waals surface area contributed by atoms with Gasteiger partial charge in [-0.05, 0) is 18.1 Å². The summed E-state index contributed by atoms with van der Waals surface area (Å²) in [5.74, 6) is -2.74. The Hall–Kier alpha value is -1.00. The van der Waals surface area contributed by atoms with Crippen molar-refractivity contribution in [1.82, 2.24) is 10.2 Å². The molecule has 4 heteroatoms. The summed E-state index contributed by atoms with van der Waals surface area (Å²) in [5, 5.41) is 3.30. The van der Waals surface area contributed by atoms with Gasteiger partial charge in [0.25, 0.3) is 5.92 Å². The van der Waals surface area contributed by atoms with Crippen molar-refractivity contribution in [3.05, 3.63) is 35.4 Å². The second-order valence-corrected chi connectivity index (χ2v) is 4.93. The monoisotopic (exact) mass is 254 g/mol. The first-order chi connectivity index (χ1) is 8.55. The van der Waals surface area contributed by atoms with Crippen LogP contribution in [0.5, 0.6) is 0 Å². The number of nitrogens with zero attached hydrogens (tertiary/aromatic N) is 1. The summed E-state index contributed by atoms with van der Waals surface area (Å²) in [6.07, 6.45) is 0.837. The van der Waals surface area contributed by atoms with Crippen LogP contribution in [0, 0.1) is 0 Å². The molecule has 1 aliphatic heterocycles. The number of halogens is 2. The third kappa shape index (κ3) is 3.75. The van der Waals surface area contributed by atoms with Crippen LogP contribution >= 0.6 is 0 Å². The summed E-state index contributed by atoms with van der Waals surface area (Å²) in [6, 6.07) is 6.77. The van der Waals surface area contributed by atoms with Gasteiger partial charge in [-0.25, -0.2) is 8.78 Å². The van der Waals surface area contributed by atoms with E-state index in [1.165, 1.54) is 6.07 Å². The van der Waals surface area contributed by atoms with E-state index < -0.39 is 5.92 Å². The average Bonchev–Trinajstić information content (AvgIpc) is 2.37. The molecule has 0 unspecified atom stereocenters. The van der Waals surface area contributed by atoms with Gasteiger partial charge >= 0.3 is 0 Å². The second-order valence-electron chi connectivity index (χ2n) is 4.93. The molecule has 0 bridgehead atoms. The molecule has 1 saturated heterocycles. The molecule has 18 heavy (non-hydrogen) atoms. The van der Waals surface area contributed by atoms with Gasteiger partial charge in [0.2, 0.25) is 0 Å². The summed E-state index contributed by atoms with van der Waals surface area (Å²) < 4.78 is 26.4. The van der Waals surface area contributed by atoms with E-state index in [2.05, 4.69) is 10.2 Å². The lowest BCUT2D eigenvalue weighted by molar-refractivity contribution is 0.0174. The minimum absolute atomic E-state index is 0.111. The highest BCUT2D eigenvalue weighted by atomic mass is 19.3. The van der Waals surface area contributed by atoms with Crippen LogP contribution in [-0.4, -0.2) is 37.6 Å². The van der Waals surface area contributed by atoms with Crippen LogP contribution in [0.25, 0.3) is 0 Å². The van der Waals surface area contributed by atoms with Gasteiger partial charge in [0.1, 0.15) is 0 Å². The van der Waals surface area contributed by atoms with Crippen LogP contribution in [0.4, 0.5) is 8.78 Å². The predicted molar refractivity (Wildman–Crippen MR) is 69.0 cm³/mol. The van der Waals surface area contributed by atoms with E-state index in [-0.39, 0.29) is 5.56 Å². The van der Waals surface area contributed by atoms with Crippen LogP contribution in [-0.2, 0) is 12.3 Å². The maximum atomic E-state index is 13.2. The number of rotatable bonds is 4. The van der Waals surface area contributed by atoms with Crippen molar-refractivity contribution in [2.45, 2.75) is 19.3 Å². The number of benzene rings is 1. The molecule has 0 amide bonds. The van der Waals surface area contributed by atoms with Crippen molar-refractivity contribution in [2.75, 3.05) is 32.7 Å². The van der Waals surface area contributed by atoms with Gasteiger partial charge in [0.15, 0.2) is 0 Å². The molecule has 1 aliphatic rings. The van der Waals surface area contributed by atoms with Crippen LogP contribution in [0.2, 0.25) is 0 Å². The van der Waals surface area contributed by atoms with Gasteiger partial charge < -0.3 is 10.2 Å². The fourth-order valence-electron chi connectivity index (χ4n) is 2.22. The topological polar surface area (TPSA) is 15.3 Å². The molecule has 0 aromatic heterocycles. The summed E-state index contributed by atoms with van der Waals surface area (Å²) in [6.45, 7) is 6.02. The first-order valence-corrected chi connectivity index (χ1v) is 6.46. The third-order valence-electron chi connectivity index (χ3n) is 3.36. The van der Waals surface area contributed by atoms with Crippen LogP contribution < -0.4 is 5.32 Å². The predicted octanol–water partition coefficient (Wildman–Crippen LogP) is 2.25. The quantitative estimate of drug-likeness (QED) is 0.886. The molecule has 0 aliphatic carbocycles. The van der Waals surface area contributed by atoms with E-state index in [0.717, 1.165) is 51.6 Å². The minimum atomic E-state index is -2.74. The van der Waals surface area contributed by atoms with Crippen LogP contribution in [0.3, 0.4) is 0 Å². The van der Waals surface area contributed by atoms with Gasteiger partial charge in [0, 0.05) is 45.2 Å². The van der Waals surface area contributed by atoms with Crippen molar-refractivity contribution >= 4 is 0 Å². The van der Waals surface area contributed by atoms with E-state index in [0.29, 0.717) is 0 Å². The molecule has 2 rings (SSSR count). The molecule has 2 nitrogen and oxygen atoms in total. The molecule has 1 N–H and O–H groups in total. The van der Waals surface area contributed by atoms with E-state index in [1.54, 1.807) is 12.1 Å². The van der Waals surface area contributed by atoms with E-state index in [9.17, 15) is 8.78 Å². The summed E-state index contributed by atoms with van der Waals surface area (Å²) in [4.78, 5) is 2.37. The van der Waals surface area contributed by atoms with E-state index >= 15 is 0 Å². The average molecular weight is 254 g/mol. The Labute approximate surface area is 107 Å². The van der Waals surface area contributed by atoms with Crippen molar-refractivity contribution in [2.24, 2.45) is 0 Å². The zero-order chi connectivity index (χ0) is 13.0. The number of nitrogens with one attached hydrogen (secondary N) is 1. The molecule has 1 fully saturated rings. The maximum absolute atomic E-state index is 13.2. The highest BCUT2D eigenvalue weighted by Crippen LogP contribution is 2.27. The largest absolute Gasteiger partial charge is 0.314 e. The Bertz CT molecular complexity index is 382. The smallest absolute Gasteiger partial charge is 0.270 e. The van der Waals surface area contributed by atoms with E-state index in [1.807, 2.05) is 6.07 Å². The highest BCUT2D eigenvalue weighted by Gasteiger charge is 2.24. The van der Waals surface area contributed by atoms with Crippen molar-refractivity contribution in [3.8, 4) is 0 Å². The fourth-order valence-corrected chi connectivity index (χ4v) is 2.22. The lowest BCUT2D eigenvalue weighted by Gasteiger charge is -2.27. The van der Waals surface area contributed by atoms with Gasteiger partial charge in [-0.3, -0.25) is 0 Å². The summed E-state index contributed by atoms with van der Waals surface area (Å²) >= 11 is 0. The minimum Gasteiger partial charge on any atom is -0.314 e. The van der Waals surface area contributed by atoms with Crippen LogP contribution in [0.15, 0.2) is 24.3 Å². The van der Waals surface area contributed by atoms with Crippen molar-refractivity contribution in [1.29, 1.82) is 0 Å². The number of alkyl halides is 2. The Morgan fingerprint density at radius 1 is 1.28 bits per heavy atom. The number of hydrogen-bond acceptors (Lipinski definition) is 2. The number of piperazine rings is 1. The lowest BCUT2D eigenvalue weighted by atomic mass is 10.0. The Morgan fingerprint density at radius 3 is 2.67 bits per heavy atom. The molecular weight excluding hydrogens is 234 g/mol. The Balaban J connectivity index is 1.92. The molecule has 1 aromatic carbocycles.